The van der Waals surface area contributed by atoms with Crippen LogP contribution in [0.25, 0.3) is 0 Å². The van der Waals surface area contributed by atoms with Crippen molar-refractivity contribution in [2.45, 2.75) is 37.5 Å². The standard InChI is InChI=1S/C21H29N5O3/c27-19-14-25(10-11-26-16-22-15-23-26)9-8-21(19,18-4-2-1-3-5-18)24-20(28)17-6-12-29-13-7-17/h1-5,15-17,19,27H,6-14H2,(H,24,28)/t19-,21+/m1/s1. The van der Waals surface area contributed by atoms with Gasteiger partial charge in [-0.25, -0.2) is 4.98 Å². The maximum Gasteiger partial charge on any atom is 0.224 e. The second kappa shape index (κ2) is 9.02. The van der Waals surface area contributed by atoms with Crippen molar-refractivity contribution in [3.8, 4) is 0 Å². The van der Waals surface area contributed by atoms with Crippen LogP contribution in [-0.4, -0.2) is 69.6 Å². The number of likely N-dealkylation sites (tertiary alicyclic amines) is 1. The van der Waals surface area contributed by atoms with E-state index in [0.717, 1.165) is 38.0 Å². The van der Waals surface area contributed by atoms with Crippen LogP contribution in [0.15, 0.2) is 43.0 Å². The number of rotatable bonds is 6. The molecule has 8 heteroatoms. The SMILES string of the molecule is O=C(N[C@]1(c2ccccc2)CCN(CCn2cncn2)C[C@H]1O)C1CCOCC1. The number of piperidine rings is 1. The van der Waals surface area contributed by atoms with Crippen molar-refractivity contribution in [1.82, 2.24) is 25.0 Å². The van der Waals surface area contributed by atoms with Crippen LogP contribution in [0.5, 0.6) is 0 Å². The van der Waals surface area contributed by atoms with Gasteiger partial charge in [0.1, 0.15) is 12.7 Å². The molecule has 2 fully saturated rings. The molecule has 2 aliphatic heterocycles. The summed E-state index contributed by atoms with van der Waals surface area (Å²) < 4.78 is 7.18. The Balaban J connectivity index is 1.48. The number of carbonyl (C=O) groups excluding carboxylic acids is 1. The van der Waals surface area contributed by atoms with Crippen molar-refractivity contribution in [3.05, 3.63) is 48.5 Å². The van der Waals surface area contributed by atoms with Crippen LogP contribution < -0.4 is 5.32 Å². The number of ether oxygens (including phenoxy) is 1. The molecule has 0 radical (unpaired) electrons. The molecule has 0 saturated carbocycles. The third-order valence-corrected chi connectivity index (χ3v) is 6.16. The van der Waals surface area contributed by atoms with Crippen molar-refractivity contribution in [2.75, 3.05) is 32.8 Å². The van der Waals surface area contributed by atoms with Gasteiger partial charge in [0.2, 0.25) is 5.91 Å². The molecule has 2 aromatic rings. The van der Waals surface area contributed by atoms with Gasteiger partial charge in [-0.15, -0.1) is 0 Å². The fourth-order valence-electron chi connectivity index (χ4n) is 4.36. The molecule has 2 aliphatic rings. The monoisotopic (exact) mass is 399 g/mol. The quantitative estimate of drug-likeness (QED) is 0.746. The van der Waals surface area contributed by atoms with Crippen LogP contribution in [0.1, 0.15) is 24.8 Å². The molecule has 2 N–H and O–H groups in total. The van der Waals surface area contributed by atoms with E-state index in [2.05, 4.69) is 20.3 Å². The van der Waals surface area contributed by atoms with Gasteiger partial charge < -0.3 is 15.2 Å². The molecule has 3 heterocycles. The summed E-state index contributed by atoms with van der Waals surface area (Å²) in [6.07, 6.45) is 4.65. The molecule has 2 atom stereocenters. The van der Waals surface area contributed by atoms with Crippen LogP contribution in [0.2, 0.25) is 0 Å². The molecule has 8 nitrogen and oxygen atoms in total. The first-order valence-corrected chi connectivity index (χ1v) is 10.4. The van der Waals surface area contributed by atoms with Gasteiger partial charge in [0, 0.05) is 38.8 Å². The van der Waals surface area contributed by atoms with E-state index < -0.39 is 11.6 Å². The largest absolute Gasteiger partial charge is 0.389 e. The zero-order valence-electron chi connectivity index (χ0n) is 16.6. The number of amides is 1. The predicted octanol–water partition coefficient (Wildman–Crippen LogP) is 0.783. The number of β-amino-alcohol motifs (C(OH)–C–C–N with tert-alkyl or cyclic N) is 1. The first-order valence-electron chi connectivity index (χ1n) is 10.4. The molecule has 1 amide bonds. The summed E-state index contributed by atoms with van der Waals surface area (Å²) >= 11 is 0. The Hall–Kier alpha value is -2.29. The minimum Gasteiger partial charge on any atom is -0.389 e. The van der Waals surface area contributed by atoms with E-state index in [1.807, 2.05) is 30.3 Å². The number of aliphatic hydroxyl groups is 1. The Labute approximate surface area is 170 Å². The van der Waals surface area contributed by atoms with Gasteiger partial charge in [0.05, 0.1) is 18.2 Å². The average molecular weight is 399 g/mol. The number of aromatic nitrogens is 3. The van der Waals surface area contributed by atoms with Gasteiger partial charge in [0.15, 0.2) is 0 Å². The van der Waals surface area contributed by atoms with Gasteiger partial charge >= 0.3 is 0 Å². The van der Waals surface area contributed by atoms with E-state index in [1.165, 1.54) is 6.33 Å². The molecular formula is C21H29N5O3. The number of benzene rings is 1. The summed E-state index contributed by atoms with van der Waals surface area (Å²) in [5.41, 5.74) is 0.198. The van der Waals surface area contributed by atoms with Gasteiger partial charge in [-0.05, 0) is 24.8 Å². The van der Waals surface area contributed by atoms with Crippen LogP contribution in [-0.2, 0) is 21.6 Å². The molecule has 156 valence electrons. The van der Waals surface area contributed by atoms with Crippen molar-refractivity contribution >= 4 is 5.91 Å². The Kier molecular flexibility index (Phi) is 6.22. The highest BCUT2D eigenvalue weighted by Gasteiger charge is 2.45. The minimum absolute atomic E-state index is 0.0206. The number of carbonyl (C=O) groups is 1. The van der Waals surface area contributed by atoms with E-state index in [4.69, 9.17) is 4.74 Å². The molecule has 1 aromatic carbocycles. The third kappa shape index (κ3) is 4.49. The average Bonchev–Trinajstić information content (AvgIpc) is 3.29. The lowest BCUT2D eigenvalue weighted by molar-refractivity contribution is -0.133. The Morgan fingerprint density at radius 1 is 1.24 bits per heavy atom. The molecule has 0 spiro atoms. The lowest BCUT2D eigenvalue weighted by Crippen LogP contribution is -2.63. The zero-order chi connectivity index (χ0) is 20.1. The van der Waals surface area contributed by atoms with E-state index in [0.29, 0.717) is 26.2 Å². The summed E-state index contributed by atoms with van der Waals surface area (Å²) in [5, 5.41) is 18.6. The summed E-state index contributed by atoms with van der Waals surface area (Å²) in [6.45, 7) is 4.02. The number of nitrogens with zero attached hydrogens (tertiary/aromatic N) is 4. The molecule has 29 heavy (non-hydrogen) atoms. The molecule has 0 bridgehead atoms. The van der Waals surface area contributed by atoms with Gasteiger partial charge in [0.25, 0.3) is 0 Å². The number of hydrogen-bond donors (Lipinski definition) is 2. The number of nitrogens with one attached hydrogen (secondary N) is 1. The maximum absolute atomic E-state index is 13.0. The lowest BCUT2D eigenvalue weighted by Gasteiger charge is -2.47. The second-order valence-corrected chi connectivity index (χ2v) is 7.94. The summed E-state index contributed by atoms with van der Waals surface area (Å²) in [6, 6.07) is 9.87. The highest BCUT2D eigenvalue weighted by atomic mass is 16.5. The second-order valence-electron chi connectivity index (χ2n) is 7.94. The van der Waals surface area contributed by atoms with Crippen LogP contribution in [0, 0.1) is 5.92 Å². The van der Waals surface area contributed by atoms with Crippen molar-refractivity contribution < 1.29 is 14.6 Å². The molecule has 2 saturated heterocycles. The van der Waals surface area contributed by atoms with Gasteiger partial charge in [-0.3, -0.25) is 14.4 Å². The number of aliphatic hydroxyl groups excluding tert-OH is 1. The normalized spacial score (nSPS) is 26.3. The van der Waals surface area contributed by atoms with Gasteiger partial charge in [-0.2, -0.15) is 5.10 Å². The van der Waals surface area contributed by atoms with Crippen LogP contribution >= 0.6 is 0 Å². The molecule has 0 unspecified atom stereocenters. The van der Waals surface area contributed by atoms with E-state index in [-0.39, 0.29) is 11.8 Å². The first kappa shape index (κ1) is 20.0. The van der Waals surface area contributed by atoms with Crippen molar-refractivity contribution in [3.63, 3.8) is 0 Å². The molecule has 4 rings (SSSR count). The highest BCUT2D eigenvalue weighted by Crippen LogP contribution is 2.34. The fraction of sp³-hybridized carbons (Fsp3) is 0.571. The third-order valence-electron chi connectivity index (χ3n) is 6.16. The first-order chi connectivity index (χ1) is 14.2. The summed E-state index contributed by atoms with van der Waals surface area (Å²) in [4.78, 5) is 19.2. The van der Waals surface area contributed by atoms with Crippen LogP contribution in [0.3, 0.4) is 0 Å². The highest BCUT2D eigenvalue weighted by molar-refractivity contribution is 5.80. The van der Waals surface area contributed by atoms with Crippen LogP contribution in [0.4, 0.5) is 0 Å². The Bertz CT molecular complexity index is 779. The molecule has 0 aliphatic carbocycles. The van der Waals surface area contributed by atoms with Crippen molar-refractivity contribution in [2.24, 2.45) is 5.92 Å². The topological polar surface area (TPSA) is 92.5 Å². The zero-order valence-corrected chi connectivity index (χ0v) is 16.6. The molecule has 1 aromatic heterocycles. The smallest absolute Gasteiger partial charge is 0.224 e. The van der Waals surface area contributed by atoms with E-state index in [9.17, 15) is 9.90 Å². The summed E-state index contributed by atoms with van der Waals surface area (Å²) in [5.74, 6) is -0.0332. The predicted molar refractivity (Wildman–Crippen MR) is 107 cm³/mol. The Morgan fingerprint density at radius 3 is 2.72 bits per heavy atom. The van der Waals surface area contributed by atoms with E-state index in [1.54, 1.807) is 11.0 Å². The lowest BCUT2D eigenvalue weighted by atomic mass is 9.78. The minimum atomic E-state index is -0.763. The van der Waals surface area contributed by atoms with E-state index >= 15 is 0 Å². The Morgan fingerprint density at radius 2 is 2.03 bits per heavy atom. The number of hydrogen-bond acceptors (Lipinski definition) is 6. The van der Waals surface area contributed by atoms with Crippen molar-refractivity contribution in [1.29, 1.82) is 0 Å². The fourth-order valence-corrected chi connectivity index (χ4v) is 4.36. The summed E-state index contributed by atoms with van der Waals surface area (Å²) in [7, 11) is 0. The van der Waals surface area contributed by atoms with Gasteiger partial charge in [-0.1, -0.05) is 30.3 Å². The maximum atomic E-state index is 13.0. The molecular weight excluding hydrogens is 370 g/mol.